The molecule has 2 rings (SSSR count). The van der Waals surface area contributed by atoms with E-state index in [1.54, 1.807) is 36.1 Å². The Labute approximate surface area is 124 Å². The predicted molar refractivity (Wildman–Crippen MR) is 81.4 cm³/mol. The zero-order chi connectivity index (χ0) is 15.2. The van der Waals surface area contributed by atoms with E-state index in [0.717, 1.165) is 11.1 Å². The van der Waals surface area contributed by atoms with Crippen LogP contribution in [0.3, 0.4) is 0 Å². The number of amides is 1. The van der Waals surface area contributed by atoms with Gasteiger partial charge in [-0.05, 0) is 11.6 Å². The van der Waals surface area contributed by atoms with Crippen LogP contribution in [0.25, 0.3) is 0 Å². The fraction of sp³-hybridized carbons (Fsp3) is 0.250. The molecule has 0 aliphatic rings. The van der Waals surface area contributed by atoms with Gasteiger partial charge in [0.05, 0.1) is 18.3 Å². The number of aryl methyl sites for hydroxylation is 1. The van der Waals surface area contributed by atoms with Gasteiger partial charge >= 0.3 is 0 Å². The molecular weight excluding hydrogens is 264 g/mol. The fourth-order valence-corrected chi connectivity index (χ4v) is 2.01. The van der Waals surface area contributed by atoms with Crippen molar-refractivity contribution in [3.05, 3.63) is 53.3 Å². The molecule has 1 aromatic carbocycles. The van der Waals surface area contributed by atoms with Gasteiger partial charge < -0.3 is 10.6 Å². The number of carbonyl (C=O) groups excluding carboxylic acids is 1. The van der Waals surface area contributed by atoms with E-state index in [0.29, 0.717) is 18.7 Å². The average Bonchev–Trinajstić information content (AvgIpc) is 2.92. The van der Waals surface area contributed by atoms with Crippen LogP contribution in [-0.2, 0) is 13.6 Å². The Bertz CT molecular complexity index is 694. The summed E-state index contributed by atoms with van der Waals surface area (Å²) in [4.78, 5) is 14.0. The molecule has 0 saturated carbocycles. The Morgan fingerprint density at radius 3 is 2.86 bits per heavy atom. The highest BCUT2D eigenvalue weighted by molar-refractivity contribution is 5.93. The Kier molecular flexibility index (Phi) is 4.75. The van der Waals surface area contributed by atoms with E-state index in [9.17, 15) is 4.79 Å². The number of carbonyl (C=O) groups is 1. The maximum Gasteiger partial charge on any atom is 0.257 e. The first-order valence-corrected chi connectivity index (χ1v) is 6.62. The van der Waals surface area contributed by atoms with Crippen LogP contribution in [0.1, 0.15) is 21.5 Å². The number of aromatic nitrogens is 2. The highest BCUT2D eigenvalue weighted by Crippen LogP contribution is 2.12. The summed E-state index contributed by atoms with van der Waals surface area (Å²) in [6.45, 7) is 0.807. The summed E-state index contributed by atoms with van der Waals surface area (Å²) in [5.41, 5.74) is 7.88. The maximum atomic E-state index is 12.3. The molecular formula is C16H18N4O. The summed E-state index contributed by atoms with van der Waals surface area (Å²) in [6.07, 6.45) is 3.28. The lowest BCUT2D eigenvalue weighted by Gasteiger charge is -2.17. The highest BCUT2D eigenvalue weighted by Gasteiger charge is 2.14. The molecule has 1 amide bonds. The second-order valence-corrected chi connectivity index (χ2v) is 4.73. The van der Waals surface area contributed by atoms with Crippen molar-refractivity contribution in [3.63, 3.8) is 0 Å². The van der Waals surface area contributed by atoms with Gasteiger partial charge in [0.1, 0.15) is 0 Å². The second kappa shape index (κ2) is 6.73. The van der Waals surface area contributed by atoms with Crippen molar-refractivity contribution in [2.24, 2.45) is 12.8 Å². The Morgan fingerprint density at radius 1 is 1.43 bits per heavy atom. The molecule has 0 bridgehead atoms. The molecule has 0 aliphatic heterocycles. The van der Waals surface area contributed by atoms with Crippen LogP contribution in [0.2, 0.25) is 0 Å². The Balaban J connectivity index is 2.16. The fourth-order valence-electron chi connectivity index (χ4n) is 2.01. The van der Waals surface area contributed by atoms with Crippen LogP contribution < -0.4 is 5.73 Å². The van der Waals surface area contributed by atoms with Crippen molar-refractivity contribution in [2.45, 2.75) is 6.54 Å². The van der Waals surface area contributed by atoms with Gasteiger partial charge in [-0.25, -0.2) is 0 Å². The molecule has 0 spiro atoms. The number of hydrogen-bond donors (Lipinski definition) is 1. The maximum absolute atomic E-state index is 12.3. The number of rotatable bonds is 3. The van der Waals surface area contributed by atoms with E-state index in [2.05, 4.69) is 16.9 Å². The van der Waals surface area contributed by atoms with Crippen molar-refractivity contribution in [2.75, 3.05) is 13.6 Å². The molecule has 2 aromatic rings. The average molecular weight is 282 g/mol. The standard InChI is InChI=1S/C16H18N4O/c1-19(16(21)15-10-18-20(2)12-15)11-14-7-4-3-6-13(14)8-5-9-17/h3-4,6-7,10,12H,9,11,17H2,1-2H3. The lowest BCUT2D eigenvalue weighted by molar-refractivity contribution is 0.0785. The molecule has 0 fully saturated rings. The smallest absolute Gasteiger partial charge is 0.257 e. The molecule has 0 saturated heterocycles. The van der Waals surface area contributed by atoms with Crippen molar-refractivity contribution >= 4 is 5.91 Å². The molecule has 21 heavy (non-hydrogen) atoms. The highest BCUT2D eigenvalue weighted by atomic mass is 16.2. The zero-order valence-corrected chi connectivity index (χ0v) is 12.2. The second-order valence-electron chi connectivity index (χ2n) is 4.73. The molecule has 0 radical (unpaired) electrons. The van der Waals surface area contributed by atoms with Gasteiger partial charge in [0.2, 0.25) is 0 Å². The largest absolute Gasteiger partial charge is 0.337 e. The molecule has 1 heterocycles. The monoisotopic (exact) mass is 282 g/mol. The first-order chi connectivity index (χ1) is 10.1. The first kappa shape index (κ1) is 14.8. The van der Waals surface area contributed by atoms with Crippen LogP contribution >= 0.6 is 0 Å². The van der Waals surface area contributed by atoms with Crippen LogP contribution in [0.5, 0.6) is 0 Å². The van der Waals surface area contributed by atoms with Crippen LogP contribution in [0, 0.1) is 11.8 Å². The molecule has 0 unspecified atom stereocenters. The van der Waals surface area contributed by atoms with Gasteiger partial charge in [-0.2, -0.15) is 5.10 Å². The lowest BCUT2D eigenvalue weighted by Crippen LogP contribution is -2.26. The van der Waals surface area contributed by atoms with Crippen molar-refractivity contribution in [3.8, 4) is 11.8 Å². The van der Waals surface area contributed by atoms with Gasteiger partial charge in [-0.1, -0.05) is 30.0 Å². The minimum atomic E-state index is -0.0651. The summed E-state index contributed by atoms with van der Waals surface area (Å²) in [5, 5.41) is 4.02. The predicted octanol–water partition coefficient (Wildman–Crippen LogP) is 1.00. The third kappa shape index (κ3) is 3.71. The minimum absolute atomic E-state index is 0.0651. The molecule has 5 heteroatoms. The van der Waals surface area contributed by atoms with E-state index in [1.807, 2.05) is 24.3 Å². The number of benzene rings is 1. The van der Waals surface area contributed by atoms with Crippen molar-refractivity contribution in [1.29, 1.82) is 0 Å². The van der Waals surface area contributed by atoms with Crippen LogP contribution in [0.15, 0.2) is 36.7 Å². The summed E-state index contributed by atoms with van der Waals surface area (Å²) in [5.74, 6) is 5.81. The van der Waals surface area contributed by atoms with E-state index in [1.165, 1.54) is 0 Å². The number of hydrogen-bond acceptors (Lipinski definition) is 3. The van der Waals surface area contributed by atoms with E-state index in [4.69, 9.17) is 5.73 Å². The Morgan fingerprint density at radius 2 is 2.19 bits per heavy atom. The lowest BCUT2D eigenvalue weighted by atomic mass is 10.1. The molecule has 5 nitrogen and oxygen atoms in total. The third-order valence-electron chi connectivity index (χ3n) is 3.05. The quantitative estimate of drug-likeness (QED) is 0.854. The summed E-state index contributed by atoms with van der Waals surface area (Å²) in [6, 6.07) is 7.76. The van der Waals surface area contributed by atoms with Crippen LogP contribution in [0.4, 0.5) is 0 Å². The normalized spacial score (nSPS) is 9.86. The summed E-state index contributed by atoms with van der Waals surface area (Å²) in [7, 11) is 3.55. The van der Waals surface area contributed by atoms with Crippen LogP contribution in [-0.4, -0.2) is 34.2 Å². The summed E-state index contributed by atoms with van der Waals surface area (Å²) < 4.78 is 1.61. The topological polar surface area (TPSA) is 64.2 Å². The van der Waals surface area contributed by atoms with Gasteiger partial charge in [0, 0.05) is 32.4 Å². The van der Waals surface area contributed by atoms with E-state index >= 15 is 0 Å². The molecule has 0 aliphatic carbocycles. The van der Waals surface area contributed by atoms with Gasteiger partial charge in [0.15, 0.2) is 0 Å². The molecule has 0 atom stereocenters. The van der Waals surface area contributed by atoms with Gasteiger partial charge in [-0.15, -0.1) is 0 Å². The third-order valence-corrected chi connectivity index (χ3v) is 3.05. The Hall–Kier alpha value is -2.58. The van der Waals surface area contributed by atoms with Gasteiger partial charge in [0.25, 0.3) is 5.91 Å². The van der Waals surface area contributed by atoms with E-state index in [-0.39, 0.29) is 5.91 Å². The number of nitrogens with zero attached hydrogens (tertiary/aromatic N) is 3. The minimum Gasteiger partial charge on any atom is -0.337 e. The SMILES string of the molecule is CN(Cc1ccccc1C#CCN)C(=O)c1cnn(C)c1. The first-order valence-electron chi connectivity index (χ1n) is 6.62. The summed E-state index contributed by atoms with van der Waals surface area (Å²) >= 11 is 0. The molecule has 1 aromatic heterocycles. The van der Waals surface area contributed by atoms with Gasteiger partial charge in [-0.3, -0.25) is 9.48 Å². The van der Waals surface area contributed by atoms with Crippen molar-refractivity contribution < 1.29 is 4.79 Å². The van der Waals surface area contributed by atoms with E-state index < -0.39 is 0 Å². The number of nitrogens with two attached hydrogens (primary N) is 1. The molecule has 2 N–H and O–H groups in total. The van der Waals surface area contributed by atoms with Crippen molar-refractivity contribution in [1.82, 2.24) is 14.7 Å². The molecule has 108 valence electrons. The zero-order valence-electron chi connectivity index (χ0n) is 12.2.